The Kier molecular flexibility index (Phi) is 3.63. The zero-order chi connectivity index (χ0) is 13.6. The number of nitrogens with one attached hydrogen (secondary N) is 1. The van der Waals surface area contributed by atoms with E-state index in [0.29, 0.717) is 24.4 Å². The van der Waals surface area contributed by atoms with Gasteiger partial charge in [0, 0.05) is 18.8 Å². The molecule has 3 nitrogen and oxygen atoms in total. The van der Waals surface area contributed by atoms with Crippen LogP contribution in [-0.4, -0.2) is 32.0 Å². The largest absolute Gasteiger partial charge is 0.312 e. The van der Waals surface area contributed by atoms with Crippen molar-refractivity contribution in [2.45, 2.75) is 44.4 Å². The molecular formula is C14H25NO2S. The van der Waals surface area contributed by atoms with Gasteiger partial charge >= 0.3 is 0 Å². The summed E-state index contributed by atoms with van der Waals surface area (Å²) in [6.07, 6.45) is 8.56. The number of hydrogen-bond donors (Lipinski definition) is 1. The number of allylic oxidation sites excluding steroid dienone is 2. The van der Waals surface area contributed by atoms with Crippen molar-refractivity contribution in [3.8, 4) is 0 Å². The summed E-state index contributed by atoms with van der Waals surface area (Å²) in [5.41, 5.74) is 0. The highest BCUT2D eigenvalue weighted by Gasteiger charge is 2.39. The Labute approximate surface area is 111 Å². The molecule has 2 rings (SSSR count). The maximum Gasteiger partial charge on any atom is 0.153 e. The Hall–Kier alpha value is -0.350. The molecule has 4 unspecified atom stereocenters. The fourth-order valence-corrected chi connectivity index (χ4v) is 3.43. The Morgan fingerprint density at radius 2 is 2.00 bits per heavy atom. The molecule has 0 radical (unpaired) electrons. The number of sulfone groups is 1. The summed E-state index contributed by atoms with van der Waals surface area (Å²) in [7, 11) is -3.01. The molecule has 0 heterocycles. The first-order valence-corrected chi connectivity index (χ1v) is 8.71. The van der Waals surface area contributed by atoms with Gasteiger partial charge in [0.2, 0.25) is 0 Å². The second-order valence-corrected chi connectivity index (χ2v) is 9.30. The third-order valence-electron chi connectivity index (χ3n) is 4.83. The van der Waals surface area contributed by atoms with Crippen molar-refractivity contribution in [2.24, 2.45) is 17.8 Å². The van der Waals surface area contributed by atoms with E-state index in [0.717, 1.165) is 5.92 Å². The van der Waals surface area contributed by atoms with Crippen molar-refractivity contribution in [3.05, 3.63) is 12.2 Å². The van der Waals surface area contributed by atoms with Crippen molar-refractivity contribution in [1.29, 1.82) is 0 Å². The van der Waals surface area contributed by atoms with Gasteiger partial charge in [0.1, 0.15) is 0 Å². The zero-order valence-electron chi connectivity index (χ0n) is 11.8. The van der Waals surface area contributed by atoms with E-state index in [1.165, 1.54) is 19.1 Å². The van der Waals surface area contributed by atoms with E-state index in [2.05, 4.69) is 24.4 Å². The van der Waals surface area contributed by atoms with Gasteiger partial charge < -0.3 is 5.32 Å². The number of fused-ring (bicyclic) bond motifs is 2. The first-order chi connectivity index (χ1) is 8.21. The highest BCUT2D eigenvalue weighted by Crippen LogP contribution is 2.44. The Morgan fingerprint density at radius 3 is 2.44 bits per heavy atom. The summed E-state index contributed by atoms with van der Waals surface area (Å²) >= 11 is 0. The topological polar surface area (TPSA) is 46.2 Å². The fourth-order valence-electron chi connectivity index (χ4n) is 3.09. The molecule has 0 aromatic carbocycles. The smallest absolute Gasteiger partial charge is 0.153 e. The summed E-state index contributed by atoms with van der Waals surface area (Å²) < 4.78 is 22.6. The molecule has 2 aliphatic rings. The molecule has 104 valence electrons. The summed E-state index contributed by atoms with van der Waals surface area (Å²) in [4.78, 5) is 0. The molecule has 0 aliphatic heterocycles. The van der Waals surface area contributed by atoms with Crippen LogP contribution >= 0.6 is 0 Å². The normalized spacial score (nSPS) is 33.0. The number of rotatable bonds is 5. The molecule has 4 atom stereocenters. The molecule has 2 bridgehead atoms. The summed E-state index contributed by atoms with van der Waals surface area (Å²) in [6, 6.07) is 0.394. The van der Waals surface area contributed by atoms with Crippen LogP contribution in [0.15, 0.2) is 12.2 Å². The van der Waals surface area contributed by atoms with Crippen molar-refractivity contribution < 1.29 is 8.42 Å². The molecule has 0 amide bonds. The van der Waals surface area contributed by atoms with Gasteiger partial charge in [-0.2, -0.15) is 0 Å². The molecule has 0 aromatic rings. The predicted molar refractivity (Wildman–Crippen MR) is 75.2 cm³/mol. The van der Waals surface area contributed by atoms with Crippen LogP contribution < -0.4 is 5.32 Å². The summed E-state index contributed by atoms with van der Waals surface area (Å²) in [5, 5.41) is 3.44. The molecule has 4 heteroatoms. The minimum atomic E-state index is -3.01. The van der Waals surface area contributed by atoms with Gasteiger partial charge in [-0.25, -0.2) is 8.42 Å². The maximum absolute atomic E-state index is 11.7. The first kappa shape index (κ1) is 14.1. The van der Waals surface area contributed by atoms with Crippen LogP contribution in [0.4, 0.5) is 0 Å². The lowest BCUT2D eigenvalue weighted by Gasteiger charge is -2.30. The van der Waals surface area contributed by atoms with Gasteiger partial charge in [0.25, 0.3) is 0 Å². The van der Waals surface area contributed by atoms with Gasteiger partial charge in [0.15, 0.2) is 9.84 Å². The van der Waals surface area contributed by atoms with Gasteiger partial charge in [-0.05, 0) is 51.4 Å². The van der Waals surface area contributed by atoms with E-state index in [1.807, 2.05) is 0 Å². The first-order valence-electron chi connectivity index (χ1n) is 6.82. The lowest BCUT2D eigenvalue weighted by molar-refractivity contribution is 0.320. The molecule has 18 heavy (non-hydrogen) atoms. The standard InChI is InChI=1S/C14H25NO2S/c1-10(13-8-11-5-6-12(13)7-11)15-9-14(2,3)18(4,16)17/h5-6,10-13,15H,7-9H2,1-4H3. The maximum atomic E-state index is 11.7. The third-order valence-corrected chi connectivity index (χ3v) is 6.98. The molecule has 0 saturated heterocycles. The minimum absolute atomic E-state index is 0.394. The number of hydrogen-bond acceptors (Lipinski definition) is 3. The quantitative estimate of drug-likeness (QED) is 0.778. The minimum Gasteiger partial charge on any atom is -0.312 e. The average Bonchev–Trinajstić information content (AvgIpc) is 2.85. The highest BCUT2D eigenvalue weighted by molar-refractivity contribution is 7.92. The van der Waals surface area contributed by atoms with Crippen LogP contribution in [0.3, 0.4) is 0 Å². The van der Waals surface area contributed by atoms with Crippen molar-refractivity contribution >= 4 is 9.84 Å². The molecule has 0 spiro atoms. The summed E-state index contributed by atoms with van der Waals surface area (Å²) in [5.74, 6) is 2.15. The second kappa shape index (κ2) is 4.64. The van der Waals surface area contributed by atoms with Gasteiger partial charge in [-0.1, -0.05) is 12.2 Å². The Balaban J connectivity index is 1.90. The van der Waals surface area contributed by atoms with Crippen LogP contribution in [-0.2, 0) is 9.84 Å². The zero-order valence-corrected chi connectivity index (χ0v) is 12.6. The van der Waals surface area contributed by atoms with Crippen LogP contribution in [0.2, 0.25) is 0 Å². The van der Waals surface area contributed by atoms with E-state index in [4.69, 9.17) is 0 Å². The lowest BCUT2D eigenvalue weighted by Crippen LogP contribution is -2.47. The second-order valence-electron chi connectivity index (χ2n) is 6.65. The molecule has 2 aliphatic carbocycles. The van der Waals surface area contributed by atoms with Gasteiger partial charge in [-0.15, -0.1) is 0 Å². The molecule has 1 fully saturated rings. The molecular weight excluding hydrogens is 246 g/mol. The van der Waals surface area contributed by atoms with E-state index in [-0.39, 0.29) is 0 Å². The van der Waals surface area contributed by atoms with Crippen molar-refractivity contribution in [1.82, 2.24) is 5.32 Å². The van der Waals surface area contributed by atoms with Crippen LogP contribution in [0.5, 0.6) is 0 Å². The molecule has 1 N–H and O–H groups in total. The molecule has 1 saturated carbocycles. The average molecular weight is 271 g/mol. The van der Waals surface area contributed by atoms with Gasteiger partial charge in [-0.3, -0.25) is 0 Å². The monoisotopic (exact) mass is 271 g/mol. The van der Waals surface area contributed by atoms with E-state index < -0.39 is 14.6 Å². The lowest BCUT2D eigenvalue weighted by atomic mass is 9.87. The van der Waals surface area contributed by atoms with E-state index in [1.54, 1.807) is 13.8 Å². The SMILES string of the molecule is CC(NCC(C)(C)S(C)(=O)=O)C1CC2C=CC1C2. The molecule has 0 aromatic heterocycles. The van der Waals surface area contributed by atoms with Crippen LogP contribution in [0.25, 0.3) is 0 Å². The fraction of sp³-hybridized carbons (Fsp3) is 0.857. The third kappa shape index (κ3) is 2.64. The predicted octanol–water partition coefficient (Wildman–Crippen LogP) is 2.00. The Morgan fingerprint density at radius 1 is 1.33 bits per heavy atom. The Bertz CT molecular complexity index is 439. The van der Waals surface area contributed by atoms with E-state index in [9.17, 15) is 8.42 Å². The van der Waals surface area contributed by atoms with Crippen LogP contribution in [0, 0.1) is 17.8 Å². The highest BCUT2D eigenvalue weighted by atomic mass is 32.2. The van der Waals surface area contributed by atoms with E-state index >= 15 is 0 Å². The summed E-state index contributed by atoms with van der Waals surface area (Å²) in [6.45, 7) is 6.31. The van der Waals surface area contributed by atoms with Crippen LogP contribution in [0.1, 0.15) is 33.6 Å². The van der Waals surface area contributed by atoms with Crippen molar-refractivity contribution in [2.75, 3.05) is 12.8 Å². The van der Waals surface area contributed by atoms with Gasteiger partial charge in [0.05, 0.1) is 4.75 Å². The van der Waals surface area contributed by atoms with Crippen molar-refractivity contribution in [3.63, 3.8) is 0 Å².